The SMILES string of the molecule is CC1(C)CC1C(=O)NCc1csc(=O)[nH]1. The van der Waals surface area contributed by atoms with Crippen LogP contribution in [0.5, 0.6) is 0 Å². The molecule has 15 heavy (non-hydrogen) atoms. The van der Waals surface area contributed by atoms with Gasteiger partial charge in [0.1, 0.15) is 0 Å². The van der Waals surface area contributed by atoms with Gasteiger partial charge >= 0.3 is 4.87 Å². The van der Waals surface area contributed by atoms with Crippen LogP contribution in [0.15, 0.2) is 10.2 Å². The number of aromatic nitrogens is 1. The first-order valence-corrected chi connectivity index (χ1v) is 5.81. The summed E-state index contributed by atoms with van der Waals surface area (Å²) in [5.74, 6) is 0.231. The highest BCUT2D eigenvalue weighted by atomic mass is 32.1. The molecule has 0 saturated heterocycles. The minimum Gasteiger partial charge on any atom is -0.350 e. The molecule has 1 unspecified atom stereocenters. The fraction of sp³-hybridized carbons (Fsp3) is 0.600. The summed E-state index contributed by atoms with van der Waals surface area (Å²) in [6.45, 7) is 4.59. The molecular weight excluding hydrogens is 212 g/mol. The van der Waals surface area contributed by atoms with Gasteiger partial charge in [0, 0.05) is 17.0 Å². The molecule has 5 heteroatoms. The van der Waals surface area contributed by atoms with E-state index in [2.05, 4.69) is 24.1 Å². The van der Waals surface area contributed by atoms with Crippen molar-refractivity contribution in [1.29, 1.82) is 0 Å². The average molecular weight is 226 g/mol. The molecule has 0 aliphatic heterocycles. The second kappa shape index (κ2) is 3.48. The normalized spacial score (nSPS) is 22.4. The zero-order valence-corrected chi connectivity index (χ0v) is 9.61. The van der Waals surface area contributed by atoms with Crippen molar-refractivity contribution in [3.8, 4) is 0 Å². The van der Waals surface area contributed by atoms with E-state index < -0.39 is 0 Å². The third kappa shape index (κ3) is 2.28. The van der Waals surface area contributed by atoms with Crippen molar-refractivity contribution in [3.05, 3.63) is 20.7 Å². The number of rotatable bonds is 3. The molecule has 1 saturated carbocycles. The van der Waals surface area contributed by atoms with Crippen LogP contribution in [0.2, 0.25) is 0 Å². The minimum atomic E-state index is -0.0778. The number of aromatic amines is 1. The molecule has 1 aliphatic carbocycles. The quantitative estimate of drug-likeness (QED) is 0.810. The maximum absolute atomic E-state index is 11.6. The number of H-pyrrole nitrogens is 1. The third-order valence-electron chi connectivity index (χ3n) is 2.85. The predicted molar refractivity (Wildman–Crippen MR) is 58.7 cm³/mol. The Morgan fingerprint density at radius 2 is 2.40 bits per heavy atom. The molecule has 1 aliphatic rings. The van der Waals surface area contributed by atoms with Crippen molar-refractivity contribution in [2.75, 3.05) is 0 Å². The summed E-state index contributed by atoms with van der Waals surface area (Å²) in [7, 11) is 0. The smallest absolute Gasteiger partial charge is 0.304 e. The van der Waals surface area contributed by atoms with Crippen molar-refractivity contribution >= 4 is 17.2 Å². The van der Waals surface area contributed by atoms with Crippen LogP contribution in [0, 0.1) is 11.3 Å². The van der Waals surface area contributed by atoms with Crippen LogP contribution in [-0.2, 0) is 11.3 Å². The lowest BCUT2D eigenvalue weighted by molar-refractivity contribution is -0.123. The Labute approximate surface area is 91.7 Å². The van der Waals surface area contributed by atoms with Gasteiger partial charge in [-0.15, -0.1) is 0 Å². The Bertz CT molecular complexity index is 433. The van der Waals surface area contributed by atoms with Crippen LogP contribution in [0.25, 0.3) is 0 Å². The van der Waals surface area contributed by atoms with Gasteiger partial charge < -0.3 is 10.3 Å². The Morgan fingerprint density at radius 1 is 1.73 bits per heavy atom. The summed E-state index contributed by atoms with van der Waals surface area (Å²) < 4.78 is 0. The summed E-state index contributed by atoms with van der Waals surface area (Å²) in [6, 6.07) is 0. The van der Waals surface area contributed by atoms with Gasteiger partial charge in [0.2, 0.25) is 5.91 Å². The molecule has 1 fully saturated rings. The molecular formula is C10H14N2O2S. The highest BCUT2D eigenvalue weighted by Crippen LogP contribution is 2.51. The number of carbonyl (C=O) groups excluding carboxylic acids is 1. The van der Waals surface area contributed by atoms with E-state index in [1.807, 2.05) is 0 Å². The average Bonchev–Trinajstić information content (AvgIpc) is 2.59. The lowest BCUT2D eigenvalue weighted by Gasteiger charge is -2.04. The van der Waals surface area contributed by atoms with Crippen molar-refractivity contribution in [2.24, 2.45) is 11.3 Å². The van der Waals surface area contributed by atoms with E-state index in [0.717, 1.165) is 23.5 Å². The number of amides is 1. The lowest BCUT2D eigenvalue weighted by atomic mass is 10.1. The van der Waals surface area contributed by atoms with Gasteiger partial charge in [-0.3, -0.25) is 9.59 Å². The number of hydrogen-bond donors (Lipinski definition) is 2. The maximum atomic E-state index is 11.6. The number of nitrogens with one attached hydrogen (secondary N) is 2. The van der Waals surface area contributed by atoms with Crippen LogP contribution in [0.3, 0.4) is 0 Å². The Balaban J connectivity index is 1.84. The standard InChI is InChI=1S/C10H14N2O2S/c1-10(2)3-7(10)8(13)11-4-6-5-15-9(14)12-6/h5,7H,3-4H2,1-2H3,(H,11,13)(H,12,14). The van der Waals surface area contributed by atoms with Gasteiger partial charge in [-0.1, -0.05) is 25.2 Å². The van der Waals surface area contributed by atoms with Crippen molar-refractivity contribution in [2.45, 2.75) is 26.8 Å². The first kappa shape index (κ1) is 10.4. The predicted octanol–water partition coefficient (Wildman–Crippen LogP) is 1.10. The van der Waals surface area contributed by atoms with Gasteiger partial charge in [0.15, 0.2) is 0 Å². The van der Waals surface area contributed by atoms with E-state index in [4.69, 9.17) is 0 Å². The minimum absolute atomic E-state index is 0.0778. The molecule has 2 rings (SSSR count). The highest BCUT2D eigenvalue weighted by molar-refractivity contribution is 7.07. The zero-order valence-electron chi connectivity index (χ0n) is 8.79. The lowest BCUT2D eigenvalue weighted by Crippen LogP contribution is -2.26. The first-order valence-electron chi connectivity index (χ1n) is 4.93. The first-order chi connectivity index (χ1) is 6.99. The molecule has 1 heterocycles. The fourth-order valence-corrected chi connectivity index (χ4v) is 2.20. The largest absolute Gasteiger partial charge is 0.350 e. The summed E-state index contributed by atoms with van der Waals surface area (Å²) in [5.41, 5.74) is 0.934. The van der Waals surface area contributed by atoms with Crippen LogP contribution >= 0.6 is 11.3 Å². The summed E-state index contributed by atoms with van der Waals surface area (Å²) >= 11 is 1.12. The van der Waals surface area contributed by atoms with E-state index >= 15 is 0 Å². The van der Waals surface area contributed by atoms with Gasteiger partial charge in [0.05, 0.1) is 6.54 Å². The molecule has 0 bridgehead atoms. The van der Waals surface area contributed by atoms with Crippen molar-refractivity contribution in [1.82, 2.24) is 10.3 Å². The summed E-state index contributed by atoms with van der Waals surface area (Å²) in [4.78, 5) is 25.0. The molecule has 4 nitrogen and oxygen atoms in total. The Kier molecular flexibility index (Phi) is 2.42. The van der Waals surface area contributed by atoms with E-state index in [0.29, 0.717) is 6.54 Å². The molecule has 2 N–H and O–H groups in total. The third-order valence-corrected chi connectivity index (χ3v) is 3.57. The fourth-order valence-electron chi connectivity index (χ4n) is 1.62. The number of hydrogen-bond acceptors (Lipinski definition) is 3. The molecule has 0 radical (unpaired) electrons. The Hall–Kier alpha value is -1.10. The molecule has 0 aromatic carbocycles. The highest BCUT2D eigenvalue weighted by Gasteiger charge is 2.50. The second-order valence-corrected chi connectivity index (χ2v) is 5.48. The molecule has 1 atom stereocenters. The van der Waals surface area contributed by atoms with E-state index in [-0.39, 0.29) is 22.1 Å². The van der Waals surface area contributed by atoms with Crippen LogP contribution in [0.1, 0.15) is 26.0 Å². The van der Waals surface area contributed by atoms with E-state index in [1.165, 1.54) is 0 Å². The number of carbonyl (C=O) groups is 1. The van der Waals surface area contributed by atoms with Crippen LogP contribution in [-0.4, -0.2) is 10.9 Å². The summed E-state index contributed by atoms with van der Waals surface area (Å²) in [5, 5.41) is 4.56. The molecule has 0 spiro atoms. The van der Waals surface area contributed by atoms with E-state index in [1.54, 1.807) is 5.38 Å². The van der Waals surface area contributed by atoms with Gasteiger partial charge in [-0.05, 0) is 11.8 Å². The van der Waals surface area contributed by atoms with Gasteiger partial charge in [-0.25, -0.2) is 0 Å². The molecule has 1 amide bonds. The van der Waals surface area contributed by atoms with Crippen molar-refractivity contribution in [3.63, 3.8) is 0 Å². The topological polar surface area (TPSA) is 62.0 Å². The van der Waals surface area contributed by atoms with Crippen molar-refractivity contribution < 1.29 is 4.79 Å². The monoisotopic (exact) mass is 226 g/mol. The molecule has 82 valence electrons. The van der Waals surface area contributed by atoms with Crippen LogP contribution in [0.4, 0.5) is 0 Å². The van der Waals surface area contributed by atoms with E-state index in [9.17, 15) is 9.59 Å². The maximum Gasteiger partial charge on any atom is 0.304 e. The molecule has 1 aromatic heterocycles. The van der Waals surface area contributed by atoms with Gasteiger partial charge in [-0.2, -0.15) is 0 Å². The summed E-state index contributed by atoms with van der Waals surface area (Å²) in [6.07, 6.45) is 0.957. The number of thiazole rings is 1. The zero-order chi connectivity index (χ0) is 11.1. The van der Waals surface area contributed by atoms with Gasteiger partial charge in [0.25, 0.3) is 0 Å². The molecule has 1 aromatic rings. The second-order valence-electron chi connectivity index (χ2n) is 4.64. The Morgan fingerprint density at radius 3 is 2.87 bits per heavy atom. The van der Waals surface area contributed by atoms with Crippen LogP contribution < -0.4 is 10.2 Å².